The first-order chi connectivity index (χ1) is 14.6. The summed E-state index contributed by atoms with van der Waals surface area (Å²) in [5.74, 6) is 0.889. The molecule has 3 nitrogen and oxygen atoms in total. The van der Waals surface area contributed by atoms with E-state index in [-0.39, 0.29) is 12.4 Å². The number of rotatable bonds is 8. The molecule has 1 aromatic heterocycles. The summed E-state index contributed by atoms with van der Waals surface area (Å²) < 4.78 is 7.47. The molecule has 6 heteroatoms. The number of hydrogen-bond donors (Lipinski definition) is 1. The minimum absolute atomic E-state index is 0. The summed E-state index contributed by atoms with van der Waals surface area (Å²) in [6, 6.07) is 22.4. The molecule has 0 aliphatic rings. The summed E-state index contributed by atoms with van der Waals surface area (Å²) in [5.41, 5.74) is 4.84. The van der Waals surface area contributed by atoms with Gasteiger partial charge in [-0.1, -0.05) is 59.6 Å². The van der Waals surface area contributed by atoms with Crippen molar-refractivity contribution in [3.05, 3.63) is 99.7 Å². The minimum atomic E-state index is 0. The molecule has 31 heavy (non-hydrogen) atoms. The third-order valence-electron chi connectivity index (χ3n) is 5.29. The molecule has 162 valence electrons. The highest BCUT2D eigenvalue weighted by molar-refractivity contribution is 6.35. The first-order valence-corrected chi connectivity index (χ1v) is 10.7. The molecule has 0 unspecified atom stereocenters. The Balaban J connectivity index is 0.00000272. The molecule has 0 aliphatic carbocycles. The van der Waals surface area contributed by atoms with Crippen molar-refractivity contribution in [1.29, 1.82) is 0 Å². The lowest BCUT2D eigenvalue weighted by Gasteiger charge is -2.08. The van der Waals surface area contributed by atoms with E-state index in [1.165, 1.54) is 22.0 Å². The largest absolute Gasteiger partial charge is 0.497 e. The number of aromatic nitrogens is 1. The Morgan fingerprint density at radius 1 is 0.935 bits per heavy atom. The second kappa shape index (κ2) is 10.9. The van der Waals surface area contributed by atoms with Crippen LogP contribution in [0.3, 0.4) is 0 Å². The molecule has 0 saturated heterocycles. The summed E-state index contributed by atoms with van der Waals surface area (Å²) in [4.78, 5) is 0. The van der Waals surface area contributed by atoms with E-state index in [4.69, 9.17) is 27.9 Å². The maximum absolute atomic E-state index is 6.40. The quantitative estimate of drug-likeness (QED) is 0.285. The van der Waals surface area contributed by atoms with Crippen LogP contribution in [0.25, 0.3) is 10.9 Å². The van der Waals surface area contributed by atoms with Gasteiger partial charge in [-0.2, -0.15) is 0 Å². The number of halogens is 3. The molecule has 0 amide bonds. The molecule has 4 rings (SSSR count). The number of nitrogens with zero attached hydrogens (tertiary/aromatic N) is 1. The number of fused-ring (bicyclic) bond motifs is 1. The first-order valence-electron chi connectivity index (χ1n) is 9.98. The van der Waals surface area contributed by atoms with Crippen LogP contribution in [0.15, 0.2) is 72.9 Å². The summed E-state index contributed by atoms with van der Waals surface area (Å²) >= 11 is 12.4. The van der Waals surface area contributed by atoms with E-state index in [0.717, 1.165) is 30.8 Å². The van der Waals surface area contributed by atoms with Gasteiger partial charge in [0.15, 0.2) is 0 Å². The van der Waals surface area contributed by atoms with E-state index >= 15 is 0 Å². The monoisotopic (exact) mass is 474 g/mol. The molecule has 1 heterocycles. The Bertz CT molecular complexity index is 1140. The van der Waals surface area contributed by atoms with Crippen LogP contribution in [0.5, 0.6) is 5.75 Å². The zero-order valence-electron chi connectivity index (χ0n) is 17.3. The maximum atomic E-state index is 6.40. The van der Waals surface area contributed by atoms with Crippen LogP contribution in [-0.4, -0.2) is 18.2 Å². The topological polar surface area (TPSA) is 26.2 Å². The van der Waals surface area contributed by atoms with E-state index in [2.05, 4.69) is 52.5 Å². The average Bonchev–Trinajstić information content (AvgIpc) is 3.11. The molecule has 0 atom stereocenters. The SMILES string of the molecule is COc1ccc(CCNCc2cn(Cc3ccc(Cl)cc3Cl)c3ccccc23)cc1.Cl. The van der Waals surface area contributed by atoms with E-state index in [1.807, 2.05) is 24.3 Å². The van der Waals surface area contributed by atoms with Crippen LogP contribution >= 0.6 is 35.6 Å². The molecule has 0 aliphatic heterocycles. The molecule has 0 saturated carbocycles. The normalized spacial score (nSPS) is 10.8. The van der Waals surface area contributed by atoms with Crippen molar-refractivity contribution < 1.29 is 4.74 Å². The Kier molecular flexibility index (Phi) is 8.28. The zero-order chi connectivity index (χ0) is 20.9. The summed E-state index contributed by atoms with van der Waals surface area (Å²) in [5, 5.41) is 6.19. The predicted molar refractivity (Wildman–Crippen MR) is 133 cm³/mol. The molecule has 1 N–H and O–H groups in total. The number of para-hydroxylation sites is 1. The van der Waals surface area contributed by atoms with E-state index < -0.39 is 0 Å². The molecule has 4 aromatic rings. The fraction of sp³-hybridized carbons (Fsp3) is 0.200. The number of methoxy groups -OCH3 is 1. The third-order valence-corrected chi connectivity index (χ3v) is 5.88. The highest BCUT2D eigenvalue weighted by Crippen LogP contribution is 2.26. The van der Waals surface area contributed by atoms with Gasteiger partial charge in [-0.05, 0) is 60.0 Å². The maximum Gasteiger partial charge on any atom is 0.118 e. The van der Waals surface area contributed by atoms with E-state index in [0.29, 0.717) is 16.6 Å². The summed E-state index contributed by atoms with van der Waals surface area (Å²) in [6.07, 6.45) is 3.19. The van der Waals surface area contributed by atoms with Crippen LogP contribution < -0.4 is 10.1 Å². The van der Waals surface area contributed by atoms with Gasteiger partial charge in [-0.3, -0.25) is 0 Å². The number of nitrogens with one attached hydrogen (secondary N) is 1. The molecule has 0 fully saturated rings. The van der Waals surface area contributed by atoms with Crippen LogP contribution in [0, 0.1) is 0 Å². The van der Waals surface area contributed by atoms with Gasteiger partial charge in [0.05, 0.1) is 7.11 Å². The lowest BCUT2D eigenvalue weighted by atomic mass is 10.1. The highest BCUT2D eigenvalue weighted by Gasteiger charge is 2.10. The average molecular weight is 476 g/mol. The smallest absolute Gasteiger partial charge is 0.118 e. The van der Waals surface area contributed by atoms with Gasteiger partial charge in [-0.15, -0.1) is 12.4 Å². The highest BCUT2D eigenvalue weighted by atomic mass is 35.5. The number of benzene rings is 3. The van der Waals surface area contributed by atoms with Gasteiger partial charge in [-0.25, -0.2) is 0 Å². The molecular weight excluding hydrogens is 451 g/mol. The van der Waals surface area contributed by atoms with Gasteiger partial charge in [0, 0.05) is 40.2 Å². The van der Waals surface area contributed by atoms with Crippen LogP contribution in [-0.2, 0) is 19.5 Å². The Morgan fingerprint density at radius 3 is 2.45 bits per heavy atom. The van der Waals surface area contributed by atoms with E-state index in [1.54, 1.807) is 13.2 Å². The summed E-state index contributed by atoms with van der Waals surface area (Å²) in [7, 11) is 1.69. The van der Waals surface area contributed by atoms with Gasteiger partial charge in [0.25, 0.3) is 0 Å². The van der Waals surface area contributed by atoms with Gasteiger partial charge < -0.3 is 14.6 Å². The molecular formula is C25H25Cl3N2O. The van der Waals surface area contributed by atoms with Crippen molar-refractivity contribution in [2.45, 2.75) is 19.5 Å². The summed E-state index contributed by atoms with van der Waals surface area (Å²) in [6.45, 7) is 2.44. The van der Waals surface area contributed by atoms with Crippen LogP contribution in [0.1, 0.15) is 16.7 Å². The van der Waals surface area contributed by atoms with Gasteiger partial charge in [0.1, 0.15) is 5.75 Å². The molecule has 0 spiro atoms. The predicted octanol–water partition coefficient (Wildman–Crippen LogP) is 6.76. The minimum Gasteiger partial charge on any atom is -0.497 e. The molecule has 0 bridgehead atoms. The second-order valence-electron chi connectivity index (χ2n) is 7.31. The lowest BCUT2D eigenvalue weighted by molar-refractivity contribution is 0.414. The number of ether oxygens (including phenoxy) is 1. The van der Waals surface area contributed by atoms with Crippen molar-refractivity contribution in [3.63, 3.8) is 0 Å². The number of hydrogen-bond acceptors (Lipinski definition) is 2. The van der Waals surface area contributed by atoms with Crippen LogP contribution in [0.4, 0.5) is 0 Å². The zero-order valence-corrected chi connectivity index (χ0v) is 19.6. The van der Waals surface area contributed by atoms with Gasteiger partial charge in [0.2, 0.25) is 0 Å². The van der Waals surface area contributed by atoms with Crippen molar-refractivity contribution in [1.82, 2.24) is 9.88 Å². The van der Waals surface area contributed by atoms with Crippen molar-refractivity contribution in [2.24, 2.45) is 0 Å². The lowest BCUT2D eigenvalue weighted by Crippen LogP contribution is -2.16. The Hall–Kier alpha value is -2.17. The van der Waals surface area contributed by atoms with Crippen molar-refractivity contribution in [3.8, 4) is 5.75 Å². The molecule has 3 aromatic carbocycles. The first kappa shape index (κ1) is 23.5. The fourth-order valence-electron chi connectivity index (χ4n) is 3.68. The van der Waals surface area contributed by atoms with Gasteiger partial charge >= 0.3 is 0 Å². The fourth-order valence-corrected chi connectivity index (χ4v) is 4.14. The standard InChI is InChI=1S/C25H24Cl2N2O.ClH/c1-30-22-10-6-18(7-11-22)12-13-28-15-20-17-29(25-5-3-2-4-23(20)25)16-19-8-9-21(26)14-24(19)27;/h2-11,14,17,28H,12-13,15-16H2,1H3;1H. The van der Waals surface area contributed by atoms with Crippen LogP contribution in [0.2, 0.25) is 10.0 Å². The van der Waals surface area contributed by atoms with Crippen molar-refractivity contribution >= 4 is 46.5 Å². The third kappa shape index (κ3) is 5.75. The molecule has 0 radical (unpaired) electrons. The van der Waals surface area contributed by atoms with E-state index in [9.17, 15) is 0 Å². The second-order valence-corrected chi connectivity index (χ2v) is 8.15. The Morgan fingerprint density at radius 2 is 1.71 bits per heavy atom. The van der Waals surface area contributed by atoms with Crippen molar-refractivity contribution in [2.75, 3.05) is 13.7 Å². The Labute approximate surface area is 199 Å².